The Labute approximate surface area is 173 Å². The van der Waals surface area contributed by atoms with Gasteiger partial charge in [0.15, 0.2) is 0 Å². The molecular formula is C22H30N2O4S. The van der Waals surface area contributed by atoms with Crippen LogP contribution in [-0.4, -0.2) is 32.6 Å². The highest BCUT2D eigenvalue weighted by molar-refractivity contribution is 7.92. The van der Waals surface area contributed by atoms with E-state index in [0.717, 1.165) is 37.1 Å². The Bertz CT molecular complexity index is 994. The standard InChI is InChI=1S/C22H30N2O4S/c1-6-10-24(11-7-2)20-9-8-18(22(25)26)14-19(20)23-29(27,28)21-13-16(4)15(3)12-17(21)5/h8-9,12-14,23H,6-7,10-11H2,1-5H3,(H,25,26). The van der Waals surface area contributed by atoms with Crippen molar-refractivity contribution < 1.29 is 18.3 Å². The van der Waals surface area contributed by atoms with E-state index in [-0.39, 0.29) is 16.1 Å². The summed E-state index contributed by atoms with van der Waals surface area (Å²) in [6, 6.07) is 8.08. The first-order chi connectivity index (χ1) is 13.6. The average molecular weight is 419 g/mol. The Balaban J connectivity index is 2.58. The van der Waals surface area contributed by atoms with Crippen LogP contribution in [0.4, 0.5) is 11.4 Å². The van der Waals surface area contributed by atoms with Crippen molar-refractivity contribution in [2.75, 3.05) is 22.7 Å². The van der Waals surface area contributed by atoms with E-state index >= 15 is 0 Å². The number of nitrogens with zero attached hydrogens (tertiary/aromatic N) is 1. The molecule has 29 heavy (non-hydrogen) atoms. The predicted molar refractivity (Wildman–Crippen MR) is 118 cm³/mol. The van der Waals surface area contributed by atoms with Crippen LogP contribution in [0.3, 0.4) is 0 Å². The van der Waals surface area contributed by atoms with E-state index in [2.05, 4.69) is 23.5 Å². The summed E-state index contributed by atoms with van der Waals surface area (Å²) in [7, 11) is -3.88. The lowest BCUT2D eigenvalue weighted by atomic mass is 10.1. The summed E-state index contributed by atoms with van der Waals surface area (Å²) in [6.07, 6.45) is 1.78. The SMILES string of the molecule is CCCN(CCC)c1ccc(C(=O)O)cc1NS(=O)(=O)c1cc(C)c(C)cc1C. The lowest BCUT2D eigenvalue weighted by molar-refractivity contribution is 0.0697. The van der Waals surface area contributed by atoms with E-state index in [1.165, 1.54) is 12.1 Å². The minimum absolute atomic E-state index is 0.0382. The summed E-state index contributed by atoms with van der Waals surface area (Å²) in [5.41, 5.74) is 3.56. The predicted octanol–water partition coefficient (Wildman–Crippen LogP) is 4.74. The molecule has 2 aromatic carbocycles. The Morgan fingerprint density at radius 1 is 0.966 bits per heavy atom. The number of nitrogens with one attached hydrogen (secondary N) is 1. The van der Waals surface area contributed by atoms with Gasteiger partial charge in [-0.25, -0.2) is 13.2 Å². The maximum atomic E-state index is 13.2. The zero-order chi connectivity index (χ0) is 21.8. The van der Waals surface area contributed by atoms with Gasteiger partial charge in [-0.15, -0.1) is 0 Å². The zero-order valence-electron chi connectivity index (χ0n) is 17.7. The number of benzene rings is 2. The Hall–Kier alpha value is -2.54. The number of carbonyl (C=O) groups is 1. The number of hydrogen-bond donors (Lipinski definition) is 2. The van der Waals surface area contributed by atoms with Gasteiger partial charge < -0.3 is 10.0 Å². The third kappa shape index (κ3) is 5.29. The van der Waals surface area contributed by atoms with Crippen molar-refractivity contribution in [2.24, 2.45) is 0 Å². The molecule has 0 saturated carbocycles. The summed E-state index contributed by atoms with van der Waals surface area (Å²) in [5.74, 6) is -1.10. The van der Waals surface area contributed by atoms with Gasteiger partial charge in [0.2, 0.25) is 0 Å². The number of rotatable bonds is 9. The Morgan fingerprint density at radius 2 is 1.55 bits per heavy atom. The molecule has 158 valence electrons. The molecule has 0 radical (unpaired) electrons. The third-order valence-electron chi connectivity index (χ3n) is 4.90. The smallest absolute Gasteiger partial charge is 0.335 e. The number of hydrogen-bond acceptors (Lipinski definition) is 4. The molecule has 2 rings (SSSR count). The summed E-state index contributed by atoms with van der Waals surface area (Å²) in [6.45, 7) is 11.2. The van der Waals surface area contributed by atoms with Crippen molar-refractivity contribution in [3.63, 3.8) is 0 Å². The number of anilines is 2. The monoisotopic (exact) mass is 418 g/mol. The first kappa shape index (κ1) is 22.7. The molecule has 0 unspecified atom stereocenters. The Morgan fingerprint density at radius 3 is 2.10 bits per heavy atom. The molecule has 0 fully saturated rings. The fourth-order valence-electron chi connectivity index (χ4n) is 3.34. The highest BCUT2D eigenvalue weighted by Crippen LogP contribution is 2.31. The topological polar surface area (TPSA) is 86.7 Å². The molecule has 0 atom stereocenters. The van der Waals surface area contributed by atoms with Crippen LogP contribution in [0.5, 0.6) is 0 Å². The fourth-order valence-corrected chi connectivity index (χ4v) is 4.72. The minimum Gasteiger partial charge on any atom is -0.478 e. The van der Waals surface area contributed by atoms with Crippen LogP contribution in [-0.2, 0) is 10.0 Å². The van der Waals surface area contributed by atoms with Crippen LogP contribution in [0.25, 0.3) is 0 Å². The van der Waals surface area contributed by atoms with Crippen LogP contribution in [0.15, 0.2) is 35.2 Å². The first-order valence-corrected chi connectivity index (χ1v) is 11.3. The summed E-state index contributed by atoms with van der Waals surface area (Å²) in [5, 5.41) is 9.38. The maximum Gasteiger partial charge on any atom is 0.335 e. The second kappa shape index (κ2) is 9.31. The van der Waals surface area contributed by atoms with Gasteiger partial charge in [-0.05, 0) is 74.6 Å². The highest BCUT2D eigenvalue weighted by Gasteiger charge is 2.22. The quantitative estimate of drug-likeness (QED) is 0.614. The van der Waals surface area contributed by atoms with Crippen molar-refractivity contribution >= 4 is 27.4 Å². The van der Waals surface area contributed by atoms with Gasteiger partial charge in [-0.1, -0.05) is 19.9 Å². The summed E-state index contributed by atoms with van der Waals surface area (Å²) < 4.78 is 29.0. The lowest BCUT2D eigenvalue weighted by Crippen LogP contribution is -2.27. The molecular weight excluding hydrogens is 388 g/mol. The molecule has 0 aliphatic heterocycles. The van der Waals surface area contributed by atoms with Crippen molar-refractivity contribution in [2.45, 2.75) is 52.4 Å². The molecule has 7 heteroatoms. The van der Waals surface area contributed by atoms with Crippen LogP contribution in [0, 0.1) is 20.8 Å². The largest absolute Gasteiger partial charge is 0.478 e. The number of aromatic carboxylic acids is 1. The molecule has 0 bridgehead atoms. The number of aryl methyl sites for hydroxylation is 3. The molecule has 0 heterocycles. The normalized spacial score (nSPS) is 11.3. The molecule has 0 aliphatic carbocycles. The summed E-state index contributed by atoms with van der Waals surface area (Å²) in [4.78, 5) is 13.7. The van der Waals surface area contributed by atoms with Gasteiger partial charge in [-0.3, -0.25) is 4.72 Å². The molecule has 6 nitrogen and oxygen atoms in total. The van der Waals surface area contributed by atoms with Crippen molar-refractivity contribution in [3.05, 3.63) is 52.6 Å². The van der Waals surface area contributed by atoms with Gasteiger partial charge in [0.1, 0.15) is 0 Å². The van der Waals surface area contributed by atoms with Crippen molar-refractivity contribution in [1.82, 2.24) is 0 Å². The Kier molecular flexibility index (Phi) is 7.30. The van der Waals surface area contributed by atoms with E-state index < -0.39 is 16.0 Å². The molecule has 2 aromatic rings. The second-order valence-corrected chi connectivity index (χ2v) is 8.98. The maximum absolute atomic E-state index is 13.2. The van der Waals surface area contributed by atoms with E-state index in [0.29, 0.717) is 11.3 Å². The third-order valence-corrected chi connectivity index (χ3v) is 6.40. The van der Waals surface area contributed by atoms with Gasteiger partial charge in [0, 0.05) is 13.1 Å². The first-order valence-electron chi connectivity index (χ1n) is 9.83. The van der Waals surface area contributed by atoms with Gasteiger partial charge in [-0.2, -0.15) is 0 Å². The fraction of sp³-hybridized carbons (Fsp3) is 0.409. The lowest BCUT2D eigenvalue weighted by Gasteiger charge is -2.27. The van der Waals surface area contributed by atoms with Crippen LogP contribution >= 0.6 is 0 Å². The van der Waals surface area contributed by atoms with Crippen molar-refractivity contribution in [3.8, 4) is 0 Å². The number of carboxylic acids is 1. The molecule has 0 amide bonds. The van der Waals surface area contributed by atoms with Gasteiger partial charge in [0.25, 0.3) is 10.0 Å². The zero-order valence-corrected chi connectivity index (χ0v) is 18.6. The van der Waals surface area contributed by atoms with Crippen LogP contribution in [0.1, 0.15) is 53.7 Å². The van der Waals surface area contributed by atoms with E-state index in [9.17, 15) is 18.3 Å². The van der Waals surface area contributed by atoms with Gasteiger partial charge in [0.05, 0.1) is 21.8 Å². The highest BCUT2D eigenvalue weighted by atomic mass is 32.2. The summed E-state index contributed by atoms with van der Waals surface area (Å²) >= 11 is 0. The number of sulfonamides is 1. The molecule has 0 saturated heterocycles. The van der Waals surface area contributed by atoms with Crippen LogP contribution < -0.4 is 9.62 Å². The van der Waals surface area contributed by atoms with Gasteiger partial charge >= 0.3 is 5.97 Å². The molecule has 2 N–H and O–H groups in total. The molecule has 0 aromatic heterocycles. The second-order valence-electron chi connectivity index (χ2n) is 7.33. The van der Waals surface area contributed by atoms with E-state index in [4.69, 9.17) is 0 Å². The molecule has 0 aliphatic rings. The van der Waals surface area contributed by atoms with Crippen LogP contribution in [0.2, 0.25) is 0 Å². The van der Waals surface area contributed by atoms with E-state index in [1.54, 1.807) is 19.1 Å². The van der Waals surface area contributed by atoms with E-state index in [1.807, 2.05) is 19.9 Å². The number of carboxylic acid groups (broad SMARTS) is 1. The van der Waals surface area contributed by atoms with Crippen molar-refractivity contribution in [1.29, 1.82) is 0 Å². The molecule has 0 spiro atoms. The average Bonchev–Trinajstić information content (AvgIpc) is 2.64. The minimum atomic E-state index is -3.88.